The molecule has 0 fully saturated rings. The molecule has 0 spiro atoms. The fourth-order valence-corrected chi connectivity index (χ4v) is 3.25. The minimum absolute atomic E-state index is 0.195. The lowest BCUT2D eigenvalue weighted by Crippen LogP contribution is -2.18. The lowest BCUT2D eigenvalue weighted by Gasteiger charge is -2.09. The Labute approximate surface area is 168 Å². The number of hydrogen-bond acceptors (Lipinski definition) is 4. The molecule has 0 aliphatic heterocycles. The summed E-state index contributed by atoms with van der Waals surface area (Å²) < 4.78 is 55.1. The molecule has 0 bridgehead atoms. The second-order valence-electron chi connectivity index (χ2n) is 6.30. The summed E-state index contributed by atoms with van der Waals surface area (Å²) in [4.78, 5) is 17.1. The molecule has 2 N–H and O–H groups in total. The number of aromatic nitrogens is 1. The zero-order valence-electron chi connectivity index (χ0n) is 15.4. The van der Waals surface area contributed by atoms with Gasteiger partial charge in [0.1, 0.15) is 5.75 Å². The number of fused-ring (bicyclic) bond motifs is 1. The van der Waals surface area contributed by atoms with Crippen molar-refractivity contribution in [2.75, 3.05) is 13.7 Å². The molecule has 1 atom stereocenters. The van der Waals surface area contributed by atoms with E-state index in [0.29, 0.717) is 35.1 Å². The molecule has 1 heterocycles. The number of nitrogens with one attached hydrogen (secondary N) is 1. The molecule has 2 aromatic carbocycles. The number of carbonyl (C=O) groups is 1. The molecule has 3 aromatic rings. The van der Waals surface area contributed by atoms with Crippen LogP contribution in [-0.4, -0.2) is 33.2 Å². The number of ether oxygens (including phenoxy) is 1. The number of hydrogen-bond donors (Lipinski definition) is 2. The number of ketones is 1. The van der Waals surface area contributed by atoms with Gasteiger partial charge in [0.05, 0.1) is 24.4 Å². The van der Waals surface area contributed by atoms with Crippen molar-refractivity contribution < 1.29 is 27.1 Å². The van der Waals surface area contributed by atoms with Gasteiger partial charge in [0.2, 0.25) is 11.3 Å². The number of nitrogens with zero attached hydrogens (tertiary/aromatic N) is 1. The van der Waals surface area contributed by atoms with Crippen LogP contribution in [0.1, 0.15) is 27.9 Å². The normalized spacial score (nSPS) is 12.1. The maximum atomic E-state index is 14.3. The smallest absolute Gasteiger partial charge is 0.231 e. The average Bonchev–Trinajstić information content (AvgIpc) is 2.72. The third-order valence-corrected chi connectivity index (χ3v) is 4.81. The Kier molecular flexibility index (Phi) is 6.63. The van der Waals surface area contributed by atoms with Gasteiger partial charge in [-0.3, -0.25) is 14.3 Å². The summed E-state index contributed by atoms with van der Waals surface area (Å²) in [5.41, 5.74) is 0.882. The van der Waals surface area contributed by atoms with E-state index in [1.807, 2.05) is 0 Å². The third-order valence-electron chi connectivity index (χ3n) is 4.35. The Hall–Kier alpha value is -2.75. The lowest BCUT2D eigenvalue weighted by molar-refractivity contribution is 0.103. The third kappa shape index (κ3) is 5.00. The van der Waals surface area contributed by atoms with Crippen molar-refractivity contribution in [3.63, 3.8) is 0 Å². The van der Waals surface area contributed by atoms with Gasteiger partial charge < -0.3 is 4.74 Å². The quantitative estimate of drug-likeness (QED) is 0.331. The average molecular weight is 420 g/mol. The predicted molar refractivity (Wildman–Crippen MR) is 105 cm³/mol. The molecule has 0 saturated heterocycles. The summed E-state index contributed by atoms with van der Waals surface area (Å²) in [6.45, 7) is 0.213. The highest BCUT2D eigenvalue weighted by Gasteiger charge is 2.19. The fraction of sp³-hybridized carbons (Fsp3) is 0.200. The van der Waals surface area contributed by atoms with E-state index >= 15 is 0 Å². The van der Waals surface area contributed by atoms with E-state index in [1.54, 1.807) is 24.4 Å². The molecule has 0 radical (unpaired) electrons. The second-order valence-corrected chi connectivity index (χ2v) is 7.08. The first kappa shape index (κ1) is 21.0. The molecule has 0 saturated carbocycles. The Morgan fingerprint density at radius 2 is 2.03 bits per heavy atom. The van der Waals surface area contributed by atoms with Gasteiger partial charge in [-0.2, -0.15) is 0 Å². The number of halogens is 2. The SMILES string of the molecule is COc1cnc2ccc(C(=O)c3cc(CCCNS(=O)O)cc(F)c3F)cc2c1. The van der Waals surface area contributed by atoms with Gasteiger partial charge in [0, 0.05) is 17.5 Å². The number of rotatable bonds is 8. The van der Waals surface area contributed by atoms with Gasteiger partial charge >= 0.3 is 0 Å². The van der Waals surface area contributed by atoms with Crippen LogP contribution in [0.5, 0.6) is 5.75 Å². The highest BCUT2D eigenvalue weighted by Crippen LogP contribution is 2.23. The standard InChI is InChI=1S/C20H18F2N2O4S/c1-28-15-10-14-9-13(4-5-18(14)23-11-15)20(25)16-7-12(8-17(21)19(16)22)3-2-6-24-29(26)27/h4-5,7-11,24H,2-3,6H2,1H3,(H,26,27). The molecule has 9 heteroatoms. The van der Waals surface area contributed by atoms with Crippen LogP contribution >= 0.6 is 0 Å². The van der Waals surface area contributed by atoms with Crippen molar-refractivity contribution >= 4 is 28.0 Å². The molecular formula is C20H18F2N2O4S. The maximum Gasteiger partial charge on any atom is 0.231 e. The van der Waals surface area contributed by atoms with Gasteiger partial charge in [-0.25, -0.2) is 17.7 Å². The number of pyridine rings is 1. The zero-order valence-corrected chi connectivity index (χ0v) is 16.3. The van der Waals surface area contributed by atoms with Crippen LogP contribution in [0.4, 0.5) is 8.78 Å². The highest BCUT2D eigenvalue weighted by atomic mass is 32.2. The minimum Gasteiger partial charge on any atom is -0.495 e. The van der Waals surface area contributed by atoms with Gasteiger partial charge in [-0.1, -0.05) is 0 Å². The predicted octanol–water partition coefficient (Wildman–Crippen LogP) is 3.41. The van der Waals surface area contributed by atoms with Crippen molar-refractivity contribution in [1.29, 1.82) is 0 Å². The minimum atomic E-state index is -2.13. The Balaban J connectivity index is 1.89. The number of carbonyl (C=O) groups excluding carboxylic acids is 1. The van der Waals surface area contributed by atoms with Gasteiger partial charge in [0.15, 0.2) is 17.4 Å². The van der Waals surface area contributed by atoms with Crippen LogP contribution in [0.2, 0.25) is 0 Å². The first-order valence-corrected chi connectivity index (χ1v) is 9.80. The van der Waals surface area contributed by atoms with Crippen LogP contribution in [-0.2, 0) is 17.7 Å². The summed E-state index contributed by atoms with van der Waals surface area (Å²) in [6.07, 6.45) is 2.26. The first-order valence-electron chi connectivity index (χ1n) is 8.70. The van der Waals surface area contributed by atoms with Gasteiger partial charge in [-0.15, -0.1) is 0 Å². The van der Waals surface area contributed by atoms with Crippen LogP contribution < -0.4 is 9.46 Å². The van der Waals surface area contributed by atoms with E-state index in [9.17, 15) is 17.8 Å². The molecule has 0 aliphatic carbocycles. The van der Waals surface area contributed by atoms with Gasteiger partial charge in [0.25, 0.3) is 0 Å². The van der Waals surface area contributed by atoms with E-state index in [1.165, 1.54) is 19.2 Å². The van der Waals surface area contributed by atoms with Crippen LogP contribution in [0.3, 0.4) is 0 Å². The zero-order chi connectivity index (χ0) is 21.0. The number of methoxy groups -OCH3 is 1. The molecule has 152 valence electrons. The lowest BCUT2D eigenvalue weighted by atomic mass is 9.97. The van der Waals surface area contributed by atoms with Crippen molar-refractivity contribution in [1.82, 2.24) is 9.71 Å². The van der Waals surface area contributed by atoms with Crippen LogP contribution in [0, 0.1) is 11.6 Å². The van der Waals surface area contributed by atoms with Gasteiger partial charge in [-0.05, 0) is 54.8 Å². The molecule has 6 nitrogen and oxygen atoms in total. The van der Waals surface area contributed by atoms with Crippen LogP contribution in [0.25, 0.3) is 10.9 Å². The molecular weight excluding hydrogens is 402 g/mol. The van der Waals surface area contributed by atoms with E-state index in [-0.39, 0.29) is 17.7 Å². The highest BCUT2D eigenvalue weighted by molar-refractivity contribution is 7.77. The fourth-order valence-electron chi connectivity index (χ4n) is 2.93. The molecule has 3 rings (SSSR count). The van der Waals surface area contributed by atoms with E-state index in [4.69, 9.17) is 9.29 Å². The first-order chi connectivity index (χ1) is 13.9. The molecule has 29 heavy (non-hydrogen) atoms. The van der Waals surface area contributed by atoms with Crippen molar-refractivity contribution in [2.24, 2.45) is 0 Å². The van der Waals surface area contributed by atoms with Crippen molar-refractivity contribution in [2.45, 2.75) is 12.8 Å². The second kappa shape index (κ2) is 9.17. The van der Waals surface area contributed by atoms with Crippen molar-refractivity contribution in [3.8, 4) is 5.75 Å². The summed E-state index contributed by atoms with van der Waals surface area (Å²) in [6, 6.07) is 8.72. The monoisotopic (exact) mass is 420 g/mol. The van der Waals surface area contributed by atoms with Crippen molar-refractivity contribution in [3.05, 3.63) is 70.9 Å². The van der Waals surface area contributed by atoms with E-state index < -0.39 is 28.7 Å². The van der Waals surface area contributed by atoms with Crippen LogP contribution in [0.15, 0.2) is 42.6 Å². The molecule has 1 unspecified atom stereocenters. The summed E-state index contributed by atoms with van der Waals surface area (Å²) >= 11 is -2.13. The van der Waals surface area contributed by atoms with E-state index in [2.05, 4.69) is 9.71 Å². The largest absolute Gasteiger partial charge is 0.495 e. The summed E-state index contributed by atoms with van der Waals surface area (Å²) in [5, 5.41) is 0.635. The molecule has 0 aliphatic rings. The Morgan fingerprint density at radius 3 is 2.76 bits per heavy atom. The Bertz CT molecular complexity index is 1090. The topological polar surface area (TPSA) is 88.5 Å². The summed E-state index contributed by atoms with van der Waals surface area (Å²) in [5.74, 6) is -2.47. The molecule has 1 aromatic heterocycles. The summed E-state index contributed by atoms with van der Waals surface area (Å²) in [7, 11) is 1.50. The number of aryl methyl sites for hydroxylation is 1. The maximum absolute atomic E-state index is 14.3. The number of benzene rings is 2. The van der Waals surface area contributed by atoms with E-state index in [0.717, 1.165) is 6.07 Å². The molecule has 0 amide bonds. The Morgan fingerprint density at radius 1 is 1.24 bits per heavy atom.